The highest BCUT2D eigenvalue weighted by Gasteiger charge is 2.13. The average molecular weight is 234 g/mol. The first-order valence-electron chi connectivity index (χ1n) is 6.66. The van der Waals surface area contributed by atoms with Crippen LogP contribution in [0.3, 0.4) is 0 Å². The van der Waals surface area contributed by atoms with Gasteiger partial charge in [-0.15, -0.1) is 0 Å². The molecule has 0 saturated heterocycles. The molecular weight excluding hydrogens is 212 g/mol. The first-order chi connectivity index (χ1) is 8.38. The largest absolute Gasteiger partial charge is 0.477 e. The monoisotopic (exact) mass is 234 g/mol. The standard InChI is InChI=1S/C14H22N2O/c15-10-13-7-8-16-14(9-13)17-11-12-5-3-1-2-4-6-12/h7-9,12H,1-6,10-11,15H2. The second-order valence-corrected chi connectivity index (χ2v) is 4.88. The number of aromatic nitrogens is 1. The zero-order chi connectivity index (χ0) is 11.9. The second kappa shape index (κ2) is 6.60. The van der Waals surface area contributed by atoms with Crippen LogP contribution in [0.25, 0.3) is 0 Å². The van der Waals surface area contributed by atoms with E-state index in [2.05, 4.69) is 4.98 Å². The van der Waals surface area contributed by atoms with E-state index in [-0.39, 0.29) is 0 Å². The van der Waals surface area contributed by atoms with Crippen molar-refractivity contribution in [2.75, 3.05) is 6.61 Å². The fourth-order valence-electron chi connectivity index (χ4n) is 2.39. The van der Waals surface area contributed by atoms with E-state index >= 15 is 0 Å². The normalized spacial score (nSPS) is 17.7. The van der Waals surface area contributed by atoms with Crippen LogP contribution in [0, 0.1) is 5.92 Å². The third kappa shape index (κ3) is 4.00. The van der Waals surface area contributed by atoms with Gasteiger partial charge in [0.1, 0.15) is 0 Å². The molecule has 0 aromatic carbocycles. The van der Waals surface area contributed by atoms with Crippen molar-refractivity contribution in [3.05, 3.63) is 23.9 Å². The number of ether oxygens (including phenoxy) is 1. The van der Waals surface area contributed by atoms with Crippen molar-refractivity contribution >= 4 is 0 Å². The lowest BCUT2D eigenvalue weighted by atomic mass is 10.0. The Bertz CT molecular complexity index is 333. The minimum Gasteiger partial charge on any atom is -0.477 e. The van der Waals surface area contributed by atoms with Gasteiger partial charge in [-0.05, 0) is 30.4 Å². The summed E-state index contributed by atoms with van der Waals surface area (Å²) in [6, 6.07) is 3.87. The van der Waals surface area contributed by atoms with E-state index in [1.165, 1.54) is 38.5 Å². The van der Waals surface area contributed by atoms with Crippen LogP contribution in [0.2, 0.25) is 0 Å². The molecule has 17 heavy (non-hydrogen) atoms. The van der Waals surface area contributed by atoms with Crippen LogP contribution in [0.5, 0.6) is 5.88 Å². The predicted octanol–water partition coefficient (Wildman–Crippen LogP) is 2.89. The molecule has 1 aliphatic rings. The van der Waals surface area contributed by atoms with Crippen molar-refractivity contribution in [1.82, 2.24) is 4.98 Å². The lowest BCUT2D eigenvalue weighted by Gasteiger charge is -2.14. The Morgan fingerprint density at radius 3 is 2.71 bits per heavy atom. The number of hydrogen-bond acceptors (Lipinski definition) is 3. The summed E-state index contributed by atoms with van der Waals surface area (Å²) in [5, 5.41) is 0. The van der Waals surface area contributed by atoms with Crippen LogP contribution < -0.4 is 10.5 Å². The maximum atomic E-state index is 5.78. The molecule has 1 heterocycles. The van der Waals surface area contributed by atoms with Crippen molar-refractivity contribution in [2.24, 2.45) is 11.7 Å². The van der Waals surface area contributed by atoms with Crippen LogP contribution >= 0.6 is 0 Å². The SMILES string of the molecule is NCc1ccnc(OCC2CCCCCC2)c1. The number of nitrogens with zero attached hydrogens (tertiary/aromatic N) is 1. The summed E-state index contributed by atoms with van der Waals surface area (Å²) in [6.07, 6.45) is 9.85. The molecule has 1 aromatic rings. The Morgan fingerprint density at radius 1 is 1.24 bits per heavy atom. The van der Waals surface area contributed by atoms with Gasteiger partial charge in [0.25, 0.3) is 0 Å². The topological polar surface area (TPSA) is 48.1 Å². The molecule has 0 amide bonds. The third-order valence-corrected chi connectivity index (χ3v) is 3.48. The molecule has 3 nitrogen and oxygen atoms in total. The molecule has 0 unspecified atom stereocenters. The van der Waals surface area contributed by atoms with Gasteiger partial charge in [-0.1, -0.05) is 25.7 Å². The van der Waals surface area contributed by atoms with Gasteiger partial charge in [0.05, 0.1) is 6.61 Å². The molecule has 94 valence electrons. The van der Waals surface area contributed by atoms with Gasteiger partial charge in [-0.3, -0.25) is 0 Å². The number of nitrogens with two attached hydrogens (primary N) is 1. The Kier molecular flexibility index (Phi) is 4.80. The maximum absolute atomic E-state index is 5.78. The molecule has 1 aromatic heterocycles. The van der Waals surface area contributed by atoms with Crippen molar-refractivity contribution < 1.29 is 4.74 Å². The highest BCUT2D eigenvalue weighted by Crippen LogP contribution is 2.23. The molecule has 2 N–H and O–H groups in total. The number of hydrogen-bond donors (Lipinski definition) is 1. The molecule has 0 atom stereocenters. The molecular formula is C14H22N2O. The molecule has 3 heteroatoms. The first kappa shape index (κ1) is 12.4. The summed E-state index contributed by atoms with van der Waals surface area (Å²) in [5.41, 5.74) is 6.67. The van der Waals surface area contributed by atoms with Crippen molar-refractivity contribution in [2.45, 2.75) is 45.1 Å². The Hall–Kier alpha value is -1.09. The predicted molar refractivity (Wildman–Crippen MR) is 68.8 cm³/mol. The minimum absolute atomic E-state index is 0.544. The van der Waals surface area contributed by atoms with Crippen molar-refractivity contribution in [1.29, 1.82) is 0 Å². The van der Waals surface area contributed by atoms with Gasteiger partial charge in [0.2, 0.25) is 5.88 Å². The van der Waals surface area contributed by atoms with E-state index in [4.69, 9.17) is 10.5 Å². The lowest BCUT2D eigenvalue weighted by molar-refractivity contribution is 0.226. The molecule has 1 saturated carbocycles. The molecule has 1 fully saturated rings. The summed E-state index contributed by atoms with van der Waals surface area (Å²) in [4.78, 5) is 4.22. The van der Waals surface area contributed by atoms with Crippen LogP contribution in [0.1, 0.15) is 44.1 Å². The van der Waals surface area contributed by atoms with Crippen LogP contribution in [-0.4, -0.2) is 11.6 Å². The summed E-state index contributed by atoms with van der Waals surface area (Å²) in [7, 11) is 0. The average Bonchev–Trinajstić information content (AvgIpc) is 2.65. The summed E-state index contributed by atoms with van der Waals surface area (Å²) in [6.45, 7) is 1.35. The van der Waals surface area contributed by atoms with E-state index in [9.17, 15) is 0 Å². The molecule has 0 radical (unpaired) electrons. The summed E-state index contributed by atoms with van der Waals surface area (Å²) < 4.78 is 5.78. The van der Waals surface area contributed by atoms with Crippen molar-refractivity contribution in [3.63, 3.8) is 0 Å². The molecule has 0 aliphatic heterocycles. The van der Waals surface area contributed by atoms with Gasteiger partial charge in [0.15, 0.2) is 0 Å². The van der Waals surface area contributed by atoms with Crippen LogP contribution in [0.15, 0.2) is 18.3 Å². The van der Waals surface area contributed by atoms with Gasteiger partial charge < -0.3 is 10.5 Å². The Balaban J connectivity index is 1.83. The van der Waals surface area contributed by atoms with E-state index in [1.807, 2.05) is 12.1 Å². The van der Waals surface area contributed by atoms with E-state index in [0.29, 0.717) is 12.5 Å². The quantitative estimate of drug-likeness (QED) is 0.815. The second-order valence-electron chi connectivity index (χ2n) is 4.88. The summed E-state index contributed by atoms with van der Waals surface area (Å²) >= 11 is 0. The maximum Gasteiger partial charge on any atom is 0.213 e. The number of pyridine rings is 1. The van der Waals surface area contributed by atoms with Crippen molar-refractivity contribution in [3.8, 4) is 5.88 Å². The van der Waals surface area contributed by atoms with Gasteiger partial charge in [0, 0.05) is 18.8 Å². The van der Waals surface area contributed by atoms with E-state index in [1.54, 1.807) is 6.20 Å². The fourth-order valence-corrected chi connectivity index (χ4v) is 2.39. The van der Waals surface area contributed by atoms with Gasteiger partial charge in [-0.25, -0.2) is 4.98 Å². The molecule has 1 aliphatic carbocycles. The lowest BCUT2D eigenvalue weighted by Crippen LogP contribution is -2.12. The smallest absolute Gasteiger partial charge is 0.213 e. The highest BCUT2D eigenvalue weighted by atomic mass is 16.5. The Morgan fingerprint density at radius 2 is 2.00 bits per heavy atom. The minimum atomic E-state index is 0.544. The molecule has 0 bridgehead atoms. The molecule has 2 rings (SSSR count). The first-order valence-corrected chi connectivity index (χ1v) is 6.66. The number of rotatable bonds is 4. The highest BCUT2D eigenvalue weighted by molar-refractivity contribution is 5.20. The fraction of sp³-hybridized carbons (Fsp3) is 0.643. The Labute approximate surface area is 103 Å². The zero-order valence-electron chi connectivity index (χ0n) is 10.4. The van der Waals surface area contributed by atoms with Gasteiger partial charge in [-0.2, -0.15) is 0 Å². The van der Waals surface area contributed by atoms with Crippen LogP contribution in [-0.2, 0) is 6.54 Å². The van der Waals surface area contributed by atoms with Crippen LogP contribution in [0.4, 0.5) is 0 Å². The molecule has 0 spiro atoms. The summed E-state index contributed by atoms with van der Waals surface area (Å²) in [5.74, 6) is 1.43. The zero-order valence-corrected chi connectivity index (χ0v) is 10.4. The van der Waals surface area contributed by atoms with E-state index < -0.39 is 0 Å². The third-order valence-electron chi connectivity index (χ3n) is 3.48. The van der Waals surface area contributed by atoms with E-state index in [0.717, 1.165) is 18.1 Å². The van der Waals surface area contributed by atoms with Gasteiger partial charge >= 0.3 is 0 Å².